The number of para-hydroxylation sites is 1. The molecule has 4 heteroatoms. The zero-order valence-electron chi connectivity index (χ0n) is 11.3. The van der Waals surface area contributed by atoms with Crippen LogP contribution in [-0.4, -0.2) is 5.91 Å². The Balaban J connectivity index is 1.94. The van der Waals surface area contributed by atoms with Gasteiger partial charge >= 0.3 is 0 Å². The van der Waals surface area contributed by atoms with E-state index < -0.39 is 0 Å². The van der Waals surface area contributed by atoms with Crippen LogP contribution in [-0.2, 0) is 11.2 Å². The number of hydrogen-bond acceptors (Lipinski definition) is 2. The molecule has 3 N–H and O–H groups in total. The predicted molar refractivity (Wildman–Crippen MR) is 84.0 cm³/mol. The third-order valence-electron chi connectivity index (χ3n) is 3.14. The van der Waals surface area contributed by atoms with Gasteiger partial charge in [0.1, 0.15) is 0 Å². The minimum Gasteiger partial charge on any atom is -0.399 e. The molecule has 104 valence electrons. The lowest BCUT2D eigenvalue weighted by atomic mass is 10.1. The summed E-state index contributed by atoms with van der Waals surface area (Å²) in [4.78, 5) is 11.9. The fourth-order valence-corrected chi connectivity index (χ4v) is 2.22. The average Bonchev–Trinajstić information content (AvgIpc) is 2.41. The van der Waals surface area contributed by atoms with E-state index in [1.54, 1.807) is 6.07 Å². The number of nitrogens with two attached hydrogens (primary N) is 1. The molecular formula is C16H17ClN2O. The van der Waals surface area contributed by atoms with Crippen LogP contribution in [0.4, 0.5) is 11.4 Å². The van der Waals surface area contributed by atoms with Crippen molar-refractivity contribution in [3.05, 3.63) is 58.6 Å². The zero-order chi connectivity index (χ0) is 14.5. The highest BCUT2D eigenvalue weighted by molar-refractivity contribution is 6.30. The first-order valence-corrected chi connectivity index (χ1v) is 6.83. The minimum absolute atomic E-state index is 0.0290. The maximum Gasteiger partial charge on any atom is 0.224 e. The number of carbonyl (C=O) groups is 1. The number of benzene rings is 2. The van der Waals surface area contributed by atoms with E-state index in [1.807, 2.05) is 43.3 Å². The van der Waals surface area contributed by atoms with Gasteiger partial charge in [0.15, 0.2) is 0 Å². The van der Waals surface area contributed by atoms with E-state index in [9.17, 15) is 4.79 Å². The lowest BCUT2D eigenvalue weighted by Crippen LogP contribution is -2.13. The quantitative estimate of drug-likeness (QED) is 0.841. The maximum absolute atomic E-state index is 11.9. The van der Waals surface area contributed by atoms with E-state index in [4.69, 9.17) is 17.3 Å². The first-order valence-electron chi connectivity index (χ1n) is 6.45. The lowest BCUT2D eigenvalue weighted by Gasteiger charge is -2.09. The van der Waals surface area contributed by atoms with Gasteiger partial charge in [-0.3, -0.25) is 4.79 Å². The van der Waals surface area contributed by atoms with Gasteiger partial charge in [-0.2, -0.15) is 0 Å². The first-order chi connectivity index (χ1) is 9.56. The third kappa shape index (κ3) is 3.75. The Bertz CT molecular complexity index is 626. The summed E-state index contributed by atoms with van der Waals surface area (Å²) >= 11 is 5.89. The first kappa shape index (κ1) is 14.4. The van der Waals surface area contributed by atoms with E-state index in [0.29, 0.717) is 17.9 Å². The number of nitrogens with one attached hydrogen (secondary N) is 1. The van der Waals surface area contributed by atoms with Crippen molar-refractivity contribution in [1.29, 1.82) is 0 Å². The smallest absolute Gasteiger partial charge is 0.224 e. The van der Waals surface area contributed by atoms with E-state index in [-0.39, 0.29) is 5.91 Å². The highest BCUT2D eigenvalue weighted by atomic mass is 35.5. The summed E-state index contributed by atoms with van der Waals surface area (Å²) in [5.74, 6) is -0.0290. The number of aryl methyl sites for hydroxylation is 2. The Morgan fingerprint density at radius 3 is 2.70 bits per heavy atom. The molecule has 0 heterocycles. The number of nitrogen functional groups attached to an aromatic ring is 1. The minimum atomic E-state index is -0.0290. The van der Waals surface area contributed by atoms with Crippen LogP contribution in [0.2, 0.25) is 5.02 Å². The molecule has 0 fully saturated rings. The van der Waals surface area contributed by atoms with E-state index in [0.717, 1.165) is 22.5 Å². The van der Waals surface area contributed by atoms with Crippen LogP contribution in [0.3, 0.4) is 0 Å². The molecule has 0 spiro atoms. The Labute approximate surface area is 123 Å². The second-order valence-corrected chi connectivity index (χ2v) is 5.14. The molecule has 0 aliphatic rings. The van der Waals surface area contributed by atoms with Gasteiger partial charge in [0.2, 0.25) is 5.91 Å². The van der Waals surface area contributed by atoms with Crippen LogP contribution in [0.25, 0.3) is 0 Å². The highest BCUT2D eigenvalue weighted by Crippen LogP contribution is 2.20. The largest absolute Gasteiger partial charge is 0.399 e. The molecule has 0 aliphatic heterocycles. The highest BCUT2D eigenvalue weighted by Gasteiger charge is 2.07. The molecule has 0 unspecified atom stereocenters. The number of amides is 1. The van der Waals surface area contributed by atoms with Crippen LogP contribution in [0, 0.1) is 6.92 Å². The monoisotopic (exact) mass is 288 g/mol. The van der Waals surface area contributed by atoms with Gasteiger partial charge in [0.05, 0.1) is 0 Å². The lowest BCUT2D eigenvalue weighted by molar-refractivity contribution is -0.116. The molecule has 2 rings (SSSR count). The van der Waals surface area contributed by atoms with Gasteiger partial charge in [-0.05, 0) is 48.7 Å². The van der Waals surface area contributed by atoms with Crippen LogP contribution >= 0.6 is 11.6 Å². The van der Waals surface area contributed by atoms with Crippen molar-refractivity contribution < 1.29 is 4.79 Å². The Morgan fingerprint density at radius 2 is 2.00 bits per heavy atom. The molecule has 2 aromatic rings. The van der Waals surface area contributed by atoms with E-state index in [1.165, 1.54) is 0 Å². The van der Waals surface area contributed by atoms with Crippen molar-refractivity contribution in [2.75, 3.05) is 11.1 Å². The summed E-state index contributed by atoms with van der Waals surface area (Å²) in [6.07, 6.45) is 1.03. The second kappa shape index (κ2) is 6.44. The van der Waals surface area contributed by atoms with Gasteiger partial charge in [-0.25, -0.2) is 0 Å². The molecule has 1 amide bonds. The van der Waals surface area contributed by atoms with Crippen LogP contribution in [0.15, 0.2) is 42.5 Å². The molecule has 0 bridgehead atoms. The number of carbonyl (C=O) groups excluding carboxylic acids is 1. The Hall–Kier alpha value is -2.00. The average molecular weight is 289 g/mol. The fraction of sp³-hybridized carbons (Fsp3) is 0.188. The van der Waals surface area contributed by atoms with Gasteiger partial charge in [-0.1, -0.05) is 29.8 Å². The standard InChI is InChI=1S/C16H17ClN2O/c1-11-10-13(17)7-8-15(11)19-16(20)9-6-12-4-2-3-5-14(12)18/h2-5,7-8,10H,6,9,18H2,1H3,(H,19,20). The Kier molecular flexibility index (Phi) is 4.64. The molecule has 0 atom stereocenters. The van der Waals surface area contributed by atoms with E-state index in [2.05, 4.69) is 5.32 Å². The van der Waals surface area contributed by atoms with Crippen molar-refractivity contribution in [2.24, 2.45) is 0 Å². The van der Waals surface area contributed by atoms with Crippen LogP contribution in [0.1, 0.15) is 17.5 Å². The molecule has 3 nitrogen and oxygen atoms in total. The predicted octanol–water partition coefficient (Wildman–Crippen LogP) is 3.80. The zero-order valence-corrected chi connectivity index (χ0v) is 12.1. The topological polar surface area (TPSA) is 55.1 Å². The van der Waals surface area contributed by atoms with Crippen LogP contribution < -0.4 is 11.1 Å². The summed E-state index contributed by atoms with van der Waals surface area (Å²) < 4.78 is 0. The van der Waals surface area contributed by atoms with Crippen molar-refractivity contribution in [3.63, 3.8) is 0 Å². The second-order valence-electron chi connectivity index (χ2n) is 4.71. The maximum atomic E-state index is 11.9. The molecule has 0 saturated carbocycles. The molecule has 0 saturated heterocycles. The van der Waals surface area contributed by atoms with Crippen molar-refractivity contribution in [3.8, 4) is 0 Å². The molecule has 2 aromatic carbocycles. The molecule has 0 aliphatic carbocycles. The third-order valence-corrected chi connectivity index (χ3v) is 3.37. The van der Waals surface area contributed by atoms with Crippen LogP contribution in [0.5, 0.6) is 0 Å². The van der Waals surface area contributed by atoms with Crippen molar-refractivity contribution >= 4 is 28.9 Å². The Morgan fingerprint density at radius 1 is 1.25 bits per heavy atom. The van der Waals surface area contributed by atoms with Crippen molar-refractivity contribution in [2.45, 2.75) is 19.8 Å². The van der Waals surface area contributed by atoms with E-state index >= 15 is 0 Å². The fourth-order valence-electron chi connectivity index (χ4n) is 1.99. The summed E-state index contributed by atoms with van der Waals surface area (Å²) in [5.41, 5.74) is 9.32. The number of halogens is 1. The summed E-state index contributed by atoms with van der Waals surface area (Å²) in [7, 11) is 0. The molecule has 0 aromatic heterocycles. The van der Waals surface area contributed by atoms with Crippen molar-refractivity contribution in [1.82, 2.24) is 0 Å². The summed E-state index contributed by atoms with van der Waals surface area (Å²) in [6, 6.07) is 13.0. The van der Waals surface area contributed by atoms with Gasteiger partial charge < -0.3 is 11.1 Å². The molecular weight excluding hydrogens is 272 g/mol. The number of rotatable bonds is 4. The molecule has 0 radical (unpaired) electrons. The SMILES string of the molecule is Cc1cc(Cl)ccc1NC(=O)CCc1ccccc1N. The normalized spacial score (nSPS) is 10.3. The number of hydrogen-bond donors (Lipinski definition) is 2. The summed E-state index contributed by atoms with van der Waals surface area (Å²) in [6.45, 7) is 1.91. The molecule has 20 heavy (non-hydrogen) atoms. The van der Waals surface area contributed by atoms with Gasteiger partial charge in [0, 0.05) is 22.8 Å². The number of anilines is 2. The summed E-state index contributed by atoms with van der Waals surface area (Å²) in [5, 5.41) is 3.55. The van der Waals surface area contributed by atoms with Gasteiger partial charge in [-0.15, -0.1) is 0 Å². The van der Waals surface area contributed by atoms with Gasteiger partial charge in [0.25, 0.3) is 0 Å².